The Hall–Kier alpha value is -2.31. The van der Waals surface area contributed by atoms with Crippen molar-refractivity contribution in [2.45, 2.75) is 19.2 Å². The van der Waals surface area contributed by atoms with Gasteiger partial charge >= 0.3 is 12.1 Å². The number of aromatic nitrogens is 2. The summed E-state index contributed by atoms with van der Waals surface area (Å²) in [5, 5.41) is 3.67. The monoisotopic (exact) mass is 298 g/mol. The Bertz CT molecular complexity index is 632. The van der Waals surface area contributed by atoms with Gasteiger partial charge in [-0.15, -0.1) is 0 Å². The lowest BCUT2D eigenvalue weighted by Gasteiger charge is -2.19. The number of carbonyl (C=O) groups excluding carboxylic acids is 1. The van der Waals surface area contributed by atoms with E-state index in [0.717, 1.165) is 11.8 Å². The number of halogens is 3. The second-order valence-electron chi connectivity index (χ2n) is 4.64. The van der Waals surface area contributed by atoms with Crippen LogP contribution in [0.3, 0.4) is 0 Å². The van der Waals surface area contributed by atoms with Gasteiger partial charge in [0.15, 0.2) is 0 Å². The number of benzene rings is 1. The van der Waals surface area contributed by atoms with Gasteiger partial charge in [-0.3, -0.25) is 4.68 Å². The first-order valence-electron chi connectivity index (χ1n) is 6.10. The zero-order valence-electron chi connectivity index (χ0n) is 11.4. The molecule has 1 aromatic carbocycles. The van der Waals surface area contributed by atoms with E-state index >= 15 is 0 Å². The van der Waals surface area contributed by atoms with Gasteiger partial charge in [0, 0.05) is 18.8 Å². The van der Waals surface area contributed by atoms with E-state index in [1.165, 1.54) is 30.1 Å². The fraction of sp³-hybridized carbons (Fsp3) is 0.286. The minimum Gasteiger partial charge on any atom is -0.444 e. The van der Waals surface area contributed by atoms with E-state index in [-0.39, 0.29) is 11.1 Å². The molecule has 1 aromatic heterocycles. The van der Waals surface area contributed by atoms with E-state index in [2.05, 4.69) is 9.84 Å². The van der Waals surface area contributed by atoms with Crippen LogP contribution in [0.2, 0.25) is 0 Å². The van der Waals surface area contributed by atoms with Crippen molar-refractivity contribution < 1.29 is 22.7 Å². The van der Waals surface area contributed by atoms with Crippen molar-refractivity contribution >= 4 is 5.97 Å². The Morgan fingerprint density at radius 1 is 1.29 bits per heavy atom. The van der Waals surface area contributed by atoms with Crippen LogP contribution in [0.25, 0.3) is 0 Å². The molecule has 4 nitrogen and oxygen atoms in total. The van der Waals surface area contributed by atoms with Crippen molar-refractivity contribution in [1.82, 2.24) is 9.78 Å². The van der Waals surface area contributed by atoms with E-state index in [1.54, 1.807) is 12.1 Å². The molecule has 21 heavy (non-hydrogen) atoms. The lowest BCUT2D eigenvalue weighted by atomic mass is 10.1. The number of ether oxygens (including phenoxy) is 1. The summed E-state index contributed by atoms with van der Waals surface area (Å²) in [6.45, 7) is 1.81. The number of hydrogen-bond acceptors (Lipinski definition) is 3. The van der Waals surface area contributed by atoms with Crippen LogP contribution in [0.5, 0.6) is 0 Å². The smallest absolute Gasteiger partial charge is 0.429 e. The molecule has 0 bridgehead atoms. The minimum absolute atomic E-state index is 0.0683. The first-order chi connectivity index (χ1) is 9.77. The van der Waals surface area contributed by atoms with Gasteiger partial charge in [0.1, 0.15) is 0 Å². The van der Waals surface area contributed by atoms with Crippen LogP contribution in [0.4, 0.5) is 13.2 Å². The molecule has 1 unspecified atom stereocenters. The standard InChI is InChI=1S/C14H13F3N2O2/c1-9-3-5-10(6-4-9)13(20)21-12(14(15,16)17)11-7-18-19(2)8-11/h3-8,12H,1-2H3. The molecule has 0 saturated carbocycles. The normalized spacial score (nSPS) is 13.0. The maximum atomic E-state index is 13.0. The molecule has 0 saturated heterocycles. The van der Waals surface area contributed by atoms with Crippen molar-refractivity contribution in [3.63, 3.8) is 0 Å². The molecule has 1 atom stereocenters. The van der Waals surface area contributed by atoms with Gasteiger partial charge < -0.3 is 4.74 Å². The van der Waals surface area contributed by atoms with Crippen molar-refractivity contribution in [3.05, 3.63) is 53.3 Å². The van der Waals surface area contributed by atoms with Crippen molar-refractivity contribution in [3.8, 4) is 0 Å². The maximum Gasteiger partial charge on any atom is 0.429 e. The zero-order valence-corrected chi connectivity index (χ0v) is 11.4. The van der Waals surface area contributed by atoms with Crippen LogP contribution in [0, 0.1) is 6.92 Å². The minimum atomic E-state index is -4.70. The first-order valence-corrected chi connectivity index (χ1v) is 6.10. The average molecular weight is 298 g/mol. The summed E-state index contributed by atoms with van der Waals surface area (Å²) in [5.41, 5.74) is 0.746. The number of nitrogens with zero attached hydrogens (tertiary/aromatic N) is 2. The van der Waals surface area contributed by atoms with Gasteiger partial charge in [-0.05, 0) is 19.1 Å². The second-order valence-corrected chi connectivity index (χ2v) is 4.64. The molecule has 0 aliphatic rings. The van der Waals surface area contributed by atoms with Gasteiger partial charge in [-0.25, -0.2) is 4.79 Å². The number of carbonyl (C=O) groups is 1. The van der Waals surface area contributed by atoms with Crippen molar-refractivity contribution in [2.24, 2.45) is 7.05 Å². The number of hydrogen-bond donors (Lipinski definition) is 0. The summed E-state index contributed by atoms with van der Waals surface area (Å²) >= 11 is 0. The third-order valence-electron chi connectivity index (χ3n) is 2.84. The van der Waals surface area contributed by atoms with E-state index in [4.69, 9.17) is 0 Å². The number of alkyl halides is 3. The molecule has 0 amide bonds. The van der Waals surface area contributed by atoms with Crippen LogP contribution in [-0.4, -0.2) is 21.9 Å². The van der Waals surface area contributed by atoms with Crippen LogP contribution in [0.15, 0.2) is 36.7 Å². The summed E-state index contributed by atoms with van der Waals surface area (Å²) in [7, 11) is 1.48. The second kappa shape index (κ2) is 5.59. The lowest BCUT2D eigenvalue weighted by molar-refractivity contribution is -0.207. The number of rotatable bonds is 3. The van der Waals surface area contributed by atoms with Crippen molar-refractivity contribution in [1.29, 1.82) is 0 Å². The Morgan fingerprint density at radius 3 is 2.38 bits per heavy atom. The van der Waals surface area contributed by atoms with Gasteiger partial charge in [0.25, 0.3) is 0 Å². The Kier molecular flexibility index (Phi) is 4.02. The fourth-order valence-electron chi connectivity index (χ4n) is 1.76. The topological polar surface area (TPSA) is 44.1 Å². The summed E-state index contributed by atoms with van der Waals surface area (Å²) < 4.78 is 45.0. The summed E-state index contributed by atoms with van der Waals surface area (Å²) in [5.74, 6) is -1.03. The maximum absolute atomic E-state index is 13.0. The SMILES string of the molecule is Cc1ccc(C(=O)OC(c2cnn(C)c2)C(F)(F)F)cc1. The quantitative estimate of drug-likeness (QED) is 0.817. The van der Waals surface area contributed by atoms with Crippen molar-refractivity contribution in [2.75, 3.05) is 0 Å². The van der Waals surface area contributed by atoms with Gasteiger partial charge in [-0.1, -0.05) is 17.7 Å². The Balaban J connectivity index is 2.23. The Morgan fingerprint density at radius 2 is 1.90 bits per heavy atom. The van der Waals surface area contributed by atoms with Crippen LogP contribution >= 0.6 is 0 Å². The average Bonchev–Trinajstić information content (AvgIpc) is 2.81. The molecular formula is C14H13F3N2O2. The Labute approximate surface area is 119 Å². The number of aryl methyl sites for hydroxylation is 2. The van der Waals surface area contributed by atoms with E-state index in [1.807, 2.05) is 6.92 Å². The van der Waals surface area contributed by atoms with Crippen LogP contribution < -0.4 is 0 Å². The highest BCUT2D eigenvalue weighted by molar-refractivity contribution is 5.89. The van der Waals surface area contributed by atoms with Crippen LogP contribution in [0.1, 0.15) is 27.6 Å². The third-order valence-corrected chi connectivity index (χ3v) is 2.84. The molecular weight excluding hydrogens is 285 g/mol. The first kappa shape index (κ1) is 15.1. The molecule has 0 fully saturated rings. The fourth-order valence-corrected chi connectivity index (χ4v) is 1.76. The van der Waals surface area contributed by atoms with Gasteiger partial charge in [0.2, 0.25) is 6.10 Å². The largest absolute Gasteiger partial charge is 0.444 e. The highest BCUT2D eigenvalue weighted by Crippen LogP contribution is 2.36. The third kappa shape index (κ3) is 3.62. The predicted octanol–water partition coefficient (Wildman–Crippen LogP) is 3.19. The highest BCUT2D eigenvalue weighted by Gasteiger charge is 2.45. The highest BCUT2D eigenvalue weighted by atomic mass is 19.4. The summed E-state index contributed by atoms with van der Waals surface area (Å²) in [6, 6.07) is 6.11. The van der Waals surface area contributed by atoms with Crippen LogP contribution in [-0.2, 0) is 11.8 Å². The molecule has 0 spiro atoms. The molecule has 1 heterocycles. The van der Waals surface area contributed by atoms with Gasteiger partial charge in [-0.2, -0.15) is 18.3 Å². The van der Waals surface area contributed by atoms with E-state index < -0.39 is 18.2 Å². The lowest BCUT2D eigenvalue weighted by Crippen LogP contribution is -2.26. The van der Waals surface area contributed by atoms with Gasteiger partial charge in [0.05, 0.1) is 11.8 Å². The summed E-state index contributed by atoms with van der Waals surface area (Å²) in [6.07, 6.45) is -4.84. The molecule has 7 heteroatoms. The molecule has 0 N–H and O–H groups in total. The summed E-state index contributed by atoms with van der Waals surface area (Å²) in [4.78, 5) is 11.8. The zero-order chi connectivity index (χ0) is 15.6. The molecule has 0 aliphatic carbocycles. The molecule has 2 rings (SSSR count). The molecule has 0 radical (unpaired) electrons. The van der Waals surface area contributed by atoms with E-state index in [9.17, 15) is 18.0 Å². The molecule has 112 valence electrons. The predicted molar refractivity (Wildman–Crippen MR) is 68.6 cm³/mol. The number of esters is 1. The molecule has 2 aromatic rings. The van der Waals surface area contributed by atoms with E-state index in [0.29, 0.717) is 0 Å². The molecule has 0 aliphatic heterocycles.